The van der Waals surface area contributed by atoms with E-state index in [4.69, 9.17) is 21.1 Å². The number of aromatic nitrogens is 1. The second-order valence-corrected chi connectivity index (χ2v) is 7.93. The quantitative estimate of drug-likeness (QED) is 0.449. The highest BCUT2D eigenvalue weighted by atomic mass is 35.5. The first-order valence-corrected chi connectivity index (χ1v) is 11.0. The number of nitrogens with zero attached hydrogens (tertiary/aromatic N) is 2. The van der Waals surface area contributed by atoms with E-state index in [0.717, 1.165) is 30.2 Å². The van der Waals surface area contributed by atoms with Crippen LogP contribution in [-0.4, -0.2) is 63.4 Å². The van der Waals surface area contributed by atoms with E-state index in [1.165, 1.54) is 11.3 Å². The fourth-order valence-corrected chi connectivity index (χ4v) is 4.14. The normalized spacial score (nSPS) is 16.0. The van der Waals surface area contributed by atoms with E-state index in [9.17, 15) is 9.59 Å². The summed E-state index contributed by atoms with van der Waals surface area (Å²) in [5.41, 5.74) is 1.83. The zero-order valence-corrected chi connectivity index (χ0v) is 18.5. The van der Waals surface area contributed by atoms with Gasteiger partial charge in [-0.1, -0.05) is 6.07 Å². The van der Waals surface area contributed by atoms with E-state index in [1.807, 2.05) is 0 Å². The molecule has 2 N–H and O–H groups in total. The number of nitrogens with one attached hydrogen (secondary N) is 2. The first kappa shape index (κ1) is 22.5. The van der Waals surface area contributed by atoms with E-state index < -0.39 is 0 Å². The molecule has 3 rings (SSSR count). The summed E-state index contributed by atoms with van der Waals surface area (Å²) in [6, 6.07) is 5.13. The van der Waals surface area contributed by atoms with Crippen LogP contribution < -0.4 is 15.5 Å². The van der Waals surface area contributed by atoms with Gasteiger partial charge in [0.05, 0.1) is 24.0 Å². The first-order valence-electron chi connectivity index (χ1n) is 9.56. The molecule has 1 aromatic carbocycles. The van der Waals surface area contributed by atoms with Crippen molar-refractivity contribution in [3.8, 4) is 0 Å². The molecule has 2 amide bonds. The zero-order valence-electron chi connectivity index (χ0n) is 16.9. The molecule has 2 aromatic rings. The molecule has 1 aliphatic heterocycles. The summed E-state index contributed by atoms with van der Waals surface area (Å²) in [4.78, 5) is 31.9. The van der Waals surface area contributed by atoms with Crippen LogP contribution in [0.4, 0.5) is 10.8 Å². The Morgan fingerprint density at radius 2 is 2.17 bits per heavy atom. The molecule has 0 radical (unpaired) electrons. The highest BCUT2D eigenvalue weighted by Crippen LogP contribution is 2.26. The number of carbonyl (C=O) groups excluding carboxylic acids is 2. The van der Waals surface area contributed by atoms with E-state index in [-0.39, 0.29) is 23.8 Å². The topological polar surface area (TPSA) is 92.8 Å². The molecule has 30 heavy (non-hydrogen) atoms. The summed E-state index contributed by atoms with van der Waals surface area (Å²) in [6.07, 6.45) is 1.12. The lowest BCUT2D eigenvalue weighted by atomic mass is 10.1. The number of thiazole rings is 1. The number of hydrogen-bond donors (Lipinski definition) is 2. The lowest BCUT2D eigenvalue weighted by molar-refractivity contribution is 0.0938. The number of halogens is 1. The number of rotatable bonds is 9. The largest absolute Gasteiger partial charge is 0.383 e. The van der Waals surface area contributed by atoms with Crippen molar-refractivity contribution in [1.82, 2.24) is 10.3 Å². The smallest absolute Gasteiger partial charge is 0.275 e. The van der Waals surface area contributed by atoms with Gasteiger partial charge >= 0.3 is 0 Å². The number of anilines is 2. The van der Waals surface area contributed by atoms with Gasteiger partial charge < -0.3 is 25.0 Å². The summed E-state index contributed by atoms with van der Waals surface area (Å²) in [5, 5.41) is 8.07. The number of carbonyl (C=O) groups is 2. The minimum Gasteiger partial charge on any atom is -0.383 e. The number of ether oxygens (including phenoxy) is 2. The average molecular weight is 453 g/mol. The van der Waals surface area contributed by atoms with Crippen LogP contribution in [0.25, 0.3) is 0 Å². The molecular formula is C20H25ClN4O4S. The Balaban J connectivity index is 1.72. The van der Waals surface area contributed by atoms with E-state index in [1.54, 1.807) is 37.8 Å². The molecule has 1 saturated heterocycles. The molecular weight excluding hydrogens is 428 g/mol. The molecule has 8 nitrogen and oxygen atoms in total. The van der Waals surface area contributed by atoms with Crippen LogP contribution in [0.15, 0.2) is 23.6 Å². The summed E-state index contributed by atoms with van der Waals surface area (Å²) < 4.78 is 10.3. The van der Waals surface area contributed by atoms with Gasteiger partial charge in [0.1, 0.15) is 5.69 Å². The van der Waals surface area contributed by atoms with Crippen LogP contribution in [-0.2, 0) is 15.4 Å². The van der Waals surface area contributed by atoms with Gasteiger partial charge in [-0.25, -0.2) is 4.98 Å². The maximum atomic E-state index is 12.8. The maximum Gasteiger partial charge on any atom is 0.275 e. The van der Waals surface area contributed by atoms with Gasteiger partial charge in [0.15, 0.2) is 5.13 Å². The summed E-state index contributed by atoms with van der Waals surface area (Å²) in [7, 11) is 3.26. The third-order valence-corrected chi connectivity index (χ3v) is 6.01. The van der Waals surface area contributed by atoms with Crippen molar-refractivity contribution < 1.29 is 19.1 Å². The van der Waals surface area contributed by atoms with Gasteiger partial charge in [-0.2, -0.15) is 0 Å². The lowest BCUT2D eigenvalue weighted by Crippen LogP contribution is -2.28. The number of benzene rings is 1. The number of alkyl halides is 1. The van der Waals surface area contributed by atoms with Crippen LogP contribution in [0.5, 0.6) is 0 Å². The van der Waals surface area contributed by atoms with Crippen molar-refractivity contribution in [3.05, 3.63) is 40.4 Å². The Hall–Kier alpha value is -2.20. The predicted octanol–water partition coefficient (Wildman–Crippen LogP) is 2.74. The standard InChI is InChI=1S/C20H25ClN4O4S/c1-28-8-6-22-18(26)15-9-13(10-21)3-4-16(15)23-19(27)17-12-30-20(24-17)25-7-5-14(11-25)29-2/h3-4,9,12,14H,5-8,10-11H2,1-2H3,(H,22,26)(H,23,27)/t14-/m0/s1. The fraction of sp³-hybridized carbons (Fsp3) is 0.450. The number of hydrogen-bond acceptors (Lipinski definition) is 7. The molecule has 2 heterocycles. The second-order valence-electron chi connectivity index (χ2n) is 6.82. The lowest BCUT2D eigenvalue weighted by Gasteiger charge is -2.14. The Labute approximate surface area is 184 Å². The Morgan fingerprint density at radius 1 is 1.33 bits per heavy atom. The highest BCUT2D eigenvalue weighted by molar-refractivity contribution is 7.14. The van der Waals surface area contributed by atoms with Crippen molar-refractivity contribution in [2.24, 2.45) is 0 Å². The molecule has 0 spiro atoms. The summed E-state index contributed by atoms with van der Waals surface area (Å²) >= 11 is 7.32. The van der Waals surface area contributed by atoms with Crippen LogP contribution in [0.1, 0.15) is 32.8 Å². The molecule has 1 atom stereocenters. The fourth-order valence-electron chi connectivity index (χ4n) is 3.13. The molecule has 1 aromatic heterocycles. The van der Waals surface area contributed by atoms with Gasteiger partial charge in [-0.15, -0.1) is 22.9 Å². The Morgan fingerprint density at radius 3 is 2.87 bits per heavy atom. The van der Waals surface area contributed by atoms with E-state index in [2.05, 4.69) is 20.5 Å². The monoisotopic (exact) mass is 452 g/mol. The van der Waals surface area contributed by atoms with Crippen LogP contribution in [0.2, 0.25) is 0 Å². The van der Waals surface area contributed by atoms with E-state index >= 15 is 0 Å². The van der Waals surface area contributed by atoms with Gasteiger partial charge in [0, 0.05) is 45.1 Å². The van der Waals surface area contributed by atoms with Crippen molar-refractivity contribution in [1.29, 1.82) is 0 Å². The van der Waals surface area contributed by atoms with Crippen molar-refractivity contribution in [3.63, 3.8) is 0 Å². The van der Waals surface area contributed by atoms with Crippen LogP contribution in [0, 0.1) is 0 Å². The molecule has 1 fully saturated rings. The maximum absolute atomic E-state index is 12.8. The SMILES string of the molecule is COCCNC(=O)c1cc(CCl)ccc1NC(=O)c1csc(N2CC[C@H](OC)C2)n1. The number of amides is 2. The van der Waals surface area contributed by atoms with Crippen LogP contribution >= 0.6 is 22.9 Å². The predicted molar refractivity (Wildman–Crippen MR) is 118 cm³/mol. The molecule has 10 heteroatoms. The van der Waals surface area contributed by atoms with Gasteiger partial charge in [0.25, 0.3) is 11.8 Å². The minimum absolute atomic E-state index is 0.186. The van der Waals surface area contributed by atoms with Crippen LogP contribution in [0.3, 0.4) is 0 Å². The van der Waals surface area contributed by atoms with Gasteiger partial charge in [-0.3, -0.25) is 9.59 Å². The van der Waals surface area contributed by atoms with Gasteiger partial charge in [-0.05, 0) is 24.1 Å². The number of methoxy groups -OCH3 is 2. The van der Waals surface area contributed by atoms with Gasteiger partial charge in [0.2, 0.25) is 0 Å². The summed E-state index contributed by atoms with van der Waals surface area (Å²) in [5.74, 6) is -0.416. The zero-order chi connectivity index (χ0) is 21.5. The third-order valence-electron chi connectivity index (χ3n) is 4.80. The Bertz CT molecular complexity index is 891. The minimum atomic E-state index is -0.371. The molecule has 0 unspecified atom stereocenters. The highest BCUT2D eigenvalue weighted by Gasteiger charge is 2.25. The molecule has 1 aliphatic rings. The molecule has 0 saturated carbocycles. The molecule has 162 valence electrons. The van der Waals surface area contributed by atoms with Crippen molar-refractivity contribution in [2.75, 3.05) is 50.7 Å². The average Bonchev–Trinajstić information content (AvgIpc) is 3.43. The van der Waals surface area contributed by atoms with E-state index in [0.29, 0.717) is 30.1 Å². The van der Waals surface area contributed by atoms with Crippen molar-refractivity contribution in [2.45, 2.75) is 18.4 Å². The molecule has 0 bridgehead atoms. The third kappa shape index (κ3) is 5.48. The summed E-state index contributed by atoms with van der Waals surface area (Å²) in [6.45, 7) is 2.36. The first-order chi connectivity index (χ1) is 14.5. The Kier molecular flexibility index (Phi) is 8.03. The second kappa shape index (κ2) is 10.7. The van der Waals surface area contributed by atoms with Crippen molar-refractivity contribution >= 4 is 45.6 Å². The molecule has 0 aliphatic carbocycles.